The van der Waals surface area contributed by atoms with Crippen LogP contribution in [-0.2, 0) is 14.6 Å². The van der Waals surface area contributed by atoms with Crippen LogP contribution in [0.3, 0.4) is 0 Å². The molecule has 13 heteroatoms. The summed E-state index contributed by atoms with van der Waals surface area (Å²) < 4.78 is 31.3. The minimum absolute atomic E-state index is 0.0223. The number of fused-ring (bicyclic) bond motifs is 1. The first-order valence-electron chi connectivity index (χ1n) is 10.5. The summed E-state index contributed by atoms with van der Waals surface area (Å²) in [6.07, 6.45) is 1.49. The van der Waals surface area contributed by atoms with E-state index in [9.17, 15) is 23.3 Å². The summed E-state index contributed by atoms with van der Waals surface area (Å²) in [6.45, 7) is 8.49. The average Bonchev–Trinajstić information content (AvgIpc) is 3.32. The predicted molar refractivity (Wildman–Crippen MR) is 136 cm³/mol. The van der Waals surface area contributed by atoms with Gasteiger partial charge < -0.3 is 4.57 Å². The Hall–Kier alpha value is -3.58. The molecule has 0 radical (unpaired) electrons. The molecular weight excluding hydrogens is 492 g/mol. The van der Waals surface area contributed by atoms with E-state index in [4.69, 9.17) is 5.41 Å². The molecule has 3 heterocycles. The monoisotopic (exact) mass is 514 g/mol. The molecular formula is C22H22N6O5S2. The normalized spacial score (nSPS) is 17.2. The molecule has 1 N–H and O–H groups in total. The fourth-order valence-corrected chi connectivity index (χ4v) is 5.87. The summed E-state index contributed by atoms with van der Waals surface area (Å²) in [7, 11) is -3.82. The fraction of sp³-hybridized carbons (Fsp3) is 0.273. The van der Waals surface area contributed by atoms with Gasteiger partial charge in [0.05, 0.1) is 33.4 Å². The van der Waals surface area contributed by atoms with Crippen LogP contribution >= 0.6 is 11.9 Å². The maximum Gasteiger partial charge on any atom is 0.283 e. The minimum atomic E-state index is -3.82. The highest BCUT2D eigenvalue weighted by Gasteiger charge is 2.43. The summed E-state index contributed by atoms with van der Waals surface area (Å²) in [5.74, 6) is -1.01. The molecule has 2 aliphatic rings. The molecule has 0 saturated heterocycles. The van der Waals surface area contributed by atoms with Gasteiger partial charge in [-0.25, -0.2) is 13.3 Å². The lowest BCUT2D eigenvalue weighted by atomic mass is 10.1. The molecule has 4 rings (SSSR count). The smallest absolute Gasteiger partial charge is 0.283 e. The zero-order chi connectivity index (χ0) is 25.8. The number of carbonyl (C=O) groups is 1. The number of nitro groups is 1. The SMILES string of the molecule is Cc1ccc([N+](=O)[O-])cc1-n1c(C)cc(/C=C2/C(=N)N3C(=NC2=O)SN=C3S(=O)(=O)C(C)C)c1C. The van der Waals surface area contributed by atoms with Gasteiger partial charge in [0, 0.05) is 23.5 Å². The van der Waals surface area contributed by atoms with Gasteiger partial charge in [-0.3, -0.25) is 20.3 Å². The number of rotatable bonds is 4. The van der Waals surface area contributed by atoms with Crippen molar-refractivity contribution in [2.75, 3.05) is 0 Å². The lowest BCUT2D eigenvalue weighted by Crippen LogP contribution is -2.46. The summed E-state index contributed by atoms with van der Waals surface area (Å²) in [5, 5.41) is 18.8. The van der Waals surface area contributed by atoms with E-state index >= 15 is 0 Å². The number of nitrogens with zero attached hydrogens (tertiary/aromatic N) is 5. The Bertz CT molecular complexity index is 1510. The largest absolute Gasteiger partial charge is 0.317 e. The van der Waals surface area contributed by atoms with E-state index in [2.05, 4.69) is 9.39 Å². The van der Waals surface area contributed by atoms with Gasteiger partial charge in [-0.2, -0.15) is 9.39 Å². The van der Waals surface area contributed by atoms with Crippen molar-refractivity contribution in [3.05, 3.63) is 62.5 Å². The molecule has 2 aromatic rings. The van der Waals surface area contributed by atoms with E-state index in [-0.39, 0.29) is 27.4 Å². The minimum Gasteiger partial charge on any atom is -0.317 e. The van der Waals surface area contributed by atoms with E-state index < -0.39 is 25.9 Å². The van der Waals surface area contributed by atoms with E-state index in [1.54, 1.807) is 19.1 Å². The van der Waals surface area contributed by atoms with Crippen molar-refractivity contribution in [2.24, 2.45) is 9.39 Å². The molecule has 0 bridgehead atoms. The lowest BCUT2D eigenvalue weighted by molar-refractivity contribution is -0.384. The number of amidine groups is 3. The zero-order valence-electron chi connectivity index (χ0n) is 19.6. The van der Waals surface area contributed by atoms with Gasteiger partial charge in [-0.1, -0.05) is 6.07 Å². The maximum absolute atomic E-state index is 12.8. The van der Waals surface area contributed by atoms with Crippen LogP contribution in [0.15, 0.2) is 39.2 Å². The van der Waals surface area contributed by atoms with Gasteiger partial charge in [0.15, 0.2) is 0 Å². The Kier molecular flexibility index (Phi) is 6.01. The quantitative estimate of drug-likeness (QED) is 0.283. The molecule has 0 spiro atoms. The molecule has 182 valence electrons. The number of benzene rings is 1. The second-order valence-electron chi connectivity index (χ2n) is 8.39. The van der Waals surface area contributed by atoms with Gasteiger partial charge >= 0.3 is 0 Å². The van der Waals surface area contributed by atoms with Crippen molar-refractivity contribution in [2.45, 2.75) is 39.9 Å². The number of amides is 1. The third kappa shape index (κ3) is 4.00. The molecule has 1 amide bonds. The van der Waals surface area contributed by atoms with Crippen LogP contribution in [0.5, 0.6) is 0 Å². The highest BCUT2D eigenvalue weighted by atomic mass is 32.2. The third-order valence-electron chi connectivity index (χ3n) is 5.78. The van der Waals surface area contributed by atoms with Crippen LogP contribution in [0, 0.1) is 36.3 Å². The summed E-state index contributed by atoms with van der Waals surface area (Å²) in [6, 6.07) is 6.38. The summed E-state index contributed by atoms with van der Waals surface area (Å²) in [5.41, 5.74) is 3.36. The molecule has 35 heavy (non-hydrogen) atoms. The summed E-state index contributed by atoms with van der Waals surface area (Å²) in [4.78, 5) is 28.6. The van der Waals surface area contributed by atoms with Crippen molar-refractivity contribution < 1.29 is 18.1 Å². The lowest BCUT2D eigenvalue weighted by Gasteiger charge is -2.25. The van der Waals surface area contributed by atoms with Crippen molar-refractivity contribution in [3.63, 3.8) is 0 Å². The number of carbonyl (C=O) groups excluding carboxylic acids is 1. The Morgan fingerprint density at radius 1 is 1.20 bits per heavy atom. The molecule has 11 nitrogen and oxygen atoms in total. The number of non-ortho nitro benzene ring substituents is 1. The van der Waals surface area contributed by atoms with Crippen LogP contribution in [0.1, 0.15) is 36.4 Å². The van der Waals surface area contributed by atoms with Crippen molar-refractivity contribution in [1.82, 2.24) is 9.47 Å². The van der Waals surface area contributed by atoms with Gasteiger partial charge in [0.25, 0.3) is 11.6 Å². The molecule has 0 saturated carbocycles. The van der Waals surface area contributed by atoms with E-state index in [1.165, 1.54) is 32.1 Å². The van der Waals surface area contributed by atoms with Crippen LogP contribution in [-0.4, -0.2) is 50.1 Å². The van der Waals surface area contributed by atoms with Gasteiger partial charge in [0.1, 0.15) is 5.84 Å². The number of hydrogen-bond acceptors (Lipinski definition) is 8. The first kappa shape index (κ1) is 24.5. The number of aryl methyl sites for hydroxylation is 2. The molecule has 2 aliphatic heterocycles. The van der Waals surface area contributed by atoms with Crippen LogP contribution in [0.25, 0.3) is 11.8 Å². The molecule has 0 unspecified atom stereocenters. The second-order valence-corrected chi connectivity index (χ2v) is 11.5. The van der Waals surface area contributed by atoms with Gasteiger partial charge in [-0.05, 0) is 57.9 Å². The molecule has 0 aliphatic carbocycles. The third-order valence-corrected chi connectivity index (χ3v) is 8.62. The Morgan fingerprint density at radius 3 is 2.51 bits per heavy atom. The first-order chi connectivity index (χ1) is 16.3. The standard InChI is InChI=1S/C22H22N6O5S2/c1-11(2)35(32,33)22-25-34-21-24-20(29)17(19(23)27(21)22)9-15-8-13(4)26(14(15)5)18-10-16(28(30)31)7-6-12(18)3/h6-11,23H,1-5H3/b17-9-,23-19?. The Labute approximate surface area is 206 Å². The molecule has 0 fully saturated rings. The van der Waals surface area contributed by atoms with E-state index in [0.717, 1.165) is 28.1 Å². The highest BCUT2D eigenvalue weighted by Crippen LogP contribution is 2.32. The number of nitrogens with one attached hydrogen (secondary N) is 1. The molecule has 1 aromatic heterocycles. The topological polar surface area (TPSA) is 151 Å². The van der Waals surface area contributed by atoms with Gasteiger partial charge in [-0.15, -0.1) is 0 Å². The summed E-state index contributed by atoms with van der Waals surface area (Å²) >= 11 is 0.743. The van der Waals surface area contributed by atoms with E-state index in [0.29, 0.717) is 16.9 Å². The van der Waals surface area contributed by atoms with Gasteiger partial charge in [0.2, 0.25) is 20.2 Å². The van der Waals surface area contributed by atoms with Crippen molar-refractivity contribution in [1.29, 1.82) is 5.41 Å². The molecule has 0 atom stereocenters. The number of hydrogen-bond donors (Lipinski definition) is 1. The Balaban J connectivity index is 1.80. The van der Waals surface area contributed by atoms with Crippen molar-refractivity contribution >= 4 is 55.6 Å². The zero-order valence-corrected chi connectivity index (χ0v) is 21.2. The van der Waals surface area contributed by atoms with Crippen LogP contribution < -0.4 is 0 Å². The number of aromatic nitrogens is 1. The van der Waals surface area contributed by atoms with E-state index in [1.807, 2.05) is 18.4 Å². The second kappa shape index (κ2) is 8.57. The number of aliphatic imine (C=N–C) groups is 1. The number of nitro benzene ring substituents is 1. The molecule has 1 aromatic carbocycles. The Morgan fingerprint density at radius 2 is 1.89 bits per heavy atom. The van der Waals surface area contributed by atoms with Crippen molar-refractivity contribution in [3.8, 4) is 5.69 Å². The predicted octanol–water partition coefficient (Wildman–Crippen LogP) is 3.71. The van der Waals surface area contributed by atoms with Crippen LogP contribution in [0.4, 0.5) is 5.69 Å². The highest BCUT2D eigenvalue weighted by molar-refractivity contribution is 8.16. The van der Waals surface area contributed by atoms with Crippen LogP contribution in [0.2, 0.25) is 0 Å². The first-order valence-corrected chi connectivity index (χ1v) is 12.8. The number of sulfone groups is 1. The maximum atomic E-state index is 12.8. The average molecular weight is 515 g/mol. The fourth-order valence-electron chi connectivity index (χ4n) is 3.81.